The topological polar surface area (TPSA) is 37.3 Å². The summed E-state index contributed by atoms with van der Waals surface area (Å²) in [5.74, 6) is -0.387. The molecule has 2 aromatic rings. The summed E-state index contributed by atoms with van der Waals surface area (Å²) in [4.78, 5) is 11.5. The van der Waals surface area contributed by atoms with Gasteiger partial charge in [-0.2, -0.15) is 0 Å². The molecule has 1 fully saturated rings. The van der Waals surface area contributed by atoms with Crippen molar-refractivity contribution in [3.63, 3.8) is 0 Å². The van der Waals surface area contributed by atoms with Gasteiger partial charge in [-0.25, -0.2) is 4.79 Å². The van der Waals surface area contributed by atoms with Crippen molar-refractivity contribution in [3.05, 3.63) is 47.0 Å². The van der Waals surface area contributed by atoms with Gasteiger partial charge in [-0.05, 0) is 48.1 Å². The highest BCUT2D eigenvalue weighted by atomic mass is 16.4. The summed E-state index contributed by atoms with van der Waals surface area (Å²) in [7, 11) is 0. The predicted octanol–water partition coefficient (Wildman–Crippen LogP) is 4.50. The Bertz CT molecular complexity index is 637. The summed E-state index contributed by atoms with van der Waals surface area (Å²) in [6.45, 7) is 2.06. The standard InChI is InChI=1S/C17H18O2/c1-11-6-7-12-8-9-14(17(18)19)16(15(12)10-11)13-4-2-3-5-13/h6-10,13H,2-5H2,1H3,(H,18,19). The third kappa shape index (κ3) is 2.12. The van der Waals surface area contributed by atoms with Crippen molar-refractivity contribution in [2.45, 2.75) is 38.5 Å². The fourth-order valence-corrected chi connectivity index (χ4v) is 3.30. The molecule has 0 atom stereocenters. The highest BCUT2D eigenvalue weighted by Gasteiger charge is 2.24. The normalized spacial score (nSPS) is 16.1. The van der Waals surface area contributed by atoms with Crippen molar-refractivity contribution >= 4 is 16.7 Å². The van der Waals surface area contributed by atoms with E-state index in [4.69, 9.17) is 0 Å². The smallest absolute Gasteiger partial charge is 0.335 e. The van der Waals surface area contributed by atoms with Crippen molar-refractivity contribution in [3.8, 4) is 0 Å². The molecule has 0 unspecified atom stereocenters. The van der Waals surface area contributed by atoms with Crippen LogP contribution in [0.2, 0.25) is 0 Å². The first-order valence-electron chi connectivity index (χ1n) is 6.93. The lowest BCUT2D eigenvalue weighted by Crippen LogP contribution is -2.06. The third-order valence-electron chi connectivity index (χ3n) is 4.21. The van der Waals surface area contributed by atoms with E-state index in [0.717, 1.165) is 29.2 Å². The van der Waals surface area contributed by atoms with Gasteiger partial charge in [0.05, 0.1) is 5.56 Å². The SMILES string of the molecule is Cc1ccc2ccc(C(=O)O)c(C3CCCC3)c2c1. The number of benzene rings is 2. The van der Waals surface area contributed by atoms with Crippen LogP contribution in [0.4, 0.5) is 0 Å². The van der Waals surface area contributed by atoms with Crippen LogP contribution in [0.15, 0.2) is 30.3 Å². The molecule has 2 heteroatoms. The minimum atomic E-state index is -0.801. The lowest BCUT2D eigenvalue weighted by atomic mass is 9.87. The molecular weight excluding hydrogens is 236 g/mol. The molecule has 0 aromatic heterocycles. The number of fused-ring (bicyclic) bond motifs is 1. The summed E-state index contributed by atoms with van der Waals surface area (Å²) in [5, 5.41) is 11.7. The molecule has 0 bridgehead atoms. The Balaban J connectivity index is 2.30. The van der Waals surface area contributed by atoms with E-state index < -0.39 is 5.97 Å². The number of carboxylic acids is 1. The molecule has 1 aliphatic rings. The van der Waals surface area contributed by atoms with Crippen LogP contribution in [0, 0.1) is 6.92 Å². The molecule has 2 nitrogen and oxygen atoms in total. The van der Waals surface area contributed by atoms with Crippen molar-refractivity contribution in [1.29, 1.82) is 0 Å². The number of carbonyl (C=O) groups is 1. The van der Waals surface area contributed by atoms with Crippen LogP contribution in [0.25, 0.3) is 10.8 Å². The maximum atomic E-state index is 11.5. The van der Waals surface area contributed by atoms with Crippen molar-refractivity contribution < 1.29 is 9.90 Å². The molecule has 0 heterocycles. The van der Waals surface area contributed by atoms with E-state index in [9.17, 15) is 9.90 Å². The van der Waals surface area contributed by atoms with Gasteiger partial charge in [-0.3, -0.25) is 0 Å². The van der Waals surface area contributed by atoms with Crippen LogP contribution < -0.4 is 0 Å². The van der Waals surface area contributed by atoms with Gasteiger partial charge in [0.1, 0.15) is 0 Å². The summed E-state index contributed by atoms with van der Waals surface area (Å²) in [5.41, 5.74) is 2.74. The van der Waals surface area contributed by atoms with E-state index >= 15 is 0 Å². The number of rotatable bonds is 2. The lowest BCUT2D eigenvalue weighted by molar-refractivity contribution is 0.0695. The molecule has 1 saturated carbocycles. The van der Waals surface area contributed by atoms with Crippen LogP contribution in [-0.2, 0) is 0 Å². The highest BCUT2D eigenvalue weighted by Crippen LogP contribution is 2.39. The van der Waals surface area contributed by atoms with E-state index in [2.05, 4.69) is 25.1 Å². The van der Waals surface area contributed by atoms with Crippen LogP contribution in [0.1, 0.15) is 53.1 Å². The maximum Gasteiger partial charge on any atom is 0.335 e. The van der Waals surface area contributed by atoms with E-state index in [1.54, 1.807) is 6.07 Å². The number of carboxylic acid groups (broad SMARTS) is 1. The Kier molecular flexibility index (Phi) is 3.02. The van der Waals surface area contributed by atoms with Gasteiger partial charge < -0.3 is 5.11 Å². The minimum absolute atomic E-state index is 0.414. The molecule has 0 saturated heterocycles. The molecule has 3 rings (SSSR count). The average molecular weight is 254 g/mol. The lowest BCUT2D eigenvalue weighted by Gasteiger charge is -2.16. The zero-order valence-corrected chi connectivity index (χ0v) is 11.1. The predicted molar refractivity (Wildman–Crippen MR) is 76.9 cm³/mol. The molecule has 19 heavy (non-hydrogen) atoms. The second-order valence-corrected chi connectivity index (χ2v) is 5.54. The van der Waals surface area contributed by atoms with E-state index in [0.29, 0.717) is 11.5 Å². The van der Waals surface area contributed by atoms with Gasteiger partial charge in [0.15, 0.2) is 0 Å². The Morgan fingerprint density at radius 1 is 1.16 bits per heavy atom. The van der Waals surface area contributed by atoms with Gasteiger partial charge in [0, 0.05) is 0 Å². The Labute approximate surface area is 113 Å². The first-order chi connectivity index (χ1) is 9.16. The van der Waals surface area contributed by atoms with Gasteiger partial charge >= 0.3 is 5.97 Å². The molecule has 2 aromatic carbocycles. The number of hydrogen-bond donors (Lipinski definition) is 1. The summed E-state index contributed by atoms with van der Waals surface area (Å²) < 4.78 is 0. The Morgan fingerprint density at radius 3 is 2.53 bits per heavy atom. The van der Waals surface area contributed by atoms with E-state index in [1.165, 1.54) is 18.4 Å². The third-order valence-corrected chi connectivity index (χ3v) is 4.21. The number of aryl methyl sites for hydroxylation is 1. The Hall–Kier alpha value is -1.83. The van der Waals surface area contributed by atoms with Crippen LogP contribution in [0.3, 0.4) is 0 Å². The van der Waals surface area contributed by atoms with Gasteiger partial charge in [-0.1, -0.05) is 42.7 Å². The van der Waals surface area contributed by atoms with Crippen molar-refractivity contribution in [2.75, 3.05) is 0 Å². The van der Waals surface area contributed by atoms with Gasteiger partial charge in [0.2, 0.25) is 0 Å². The second-order valence-electron chi connectivity index (χ2n) is 5.54. The van der Waals surface area contributed by atoms with Crippen LogP contribution in [-0.4, -0.2) is 11.1 Å². The summed E-state index contributed by atoms with van der Waals surface area (Å²) >= 11 is 0. The molecule has 98 valence electrons. The zero-order chi connectivity index (χ0) is 13.4. The molecule has 0 amide bonds. The summed E-state index contributed by atoms with van der Waals surface area (Å²) in [6.07, 6.45) is 4.67. The van der Waals surface area contributed by atoms with E-state index in [-0.39, 0.29) is 0 Å². The Morgan fingerprint density at radius 2 is 1.84 bits per heavy atom. The van der Waals surface area contributed by atoms with Crippen molar-refractivity contribution in [1.82, 2.24) is 0 Å². The molecule has 1 N–H and O–H groups in total. The second kappa shape index (κ2) is 4.69. The van der Waals surface area contributed by atoms with Crippen LogP contribution in [0.5, 0.6) is 0 Å². The van der Waals surface area contributed by atoms with Gasteiger partial charge in [0.25, 0.3) is 0 Å². The average Bonchev–Trinajstić information content (AvgIpc) is 2.90. The number of hydrogen-bond acceptors (Lipinski definition) is 1. The largest absolute Gasteiger partial charge is 0.478 e. The monoisotopic (exact) mass is 254 g/mol. The first kappa shape index (κ1) is 12.2. The maximum absolute atomic E-state index is 11.5. The highest BCUT2D eigenvalue weighted by molar-refractivity contribution is 5.98. The quantitative estimate of drug-likeness (QED) is 0.856. The summed E-state index contributed by atoms with van der Waals surface area (Å²) in [6, 6.07) is 10.0. The first-order valence-corrected chi connectivity index (χ1v) is 6.93. The number of aromatic carboxylic acids is 1. The van der Waals surface area contributed by atoms with Crippen LogP contribution >= 0.6 is 0 Å². The fraction of sp³-hybridized carbons (Fsp3) is 0.353. The zero-order valence-electron chi connectivity index (χ0n) is 11.1. The minimum Gasteiger partial charge on any atom is -0.478 e. The molecule has 1 aliphatic carbocycles. The fourth-order valence-electron chi connectivity index (χ4n) is 3.30. The van der Waals surface area contributed by atoms with E-state index in [1.807, 2.05) is 6.07 Å². The molecule has 0 aliphatic heterocycles. The van der Waals surface area contributed by atoms with Crippen molar-refractivity contribution in [2.24, 2.45) is 0 Å². The molecule has 0 radical (unpaired) electrons. The van der Waals surface area contributed by atoms with Gasteiger partial charge in [-0.15, -0.1) is 0 Å². The molecular formula is C17H18O2. The molecule has 0 spiro atoms.